The highest BCUT2D eigenvalue weighted by Gasteiger charge is 2.12. The Morgan fingerprint density at radius 1 is 1.03 bits per heavy atom. The van der Waals surface area contributed by atoms with E-state index in [0.717, 1.165) is 49.7 Å². The van der Waals surface area contributed by atoms with Crippen molar-refractivity contribution >= 4 is 35.5 Å². The van der Waals surface area contributed by atoms with E-state index in [1.165, 1.54) is 0 Å². The molecule has 8 nitrogen and oxygen atoms in total. The van der Waals surface area contributed by atoms with E-state index in [-0.39, 0.29) is 5.91 Å². The van der Waals surface area contributed by atoms with Gasteiger partial charge >= 0.3 is 0 Å². The van der Waals surface area contributed by atoms with Gasteiger partial charge in [0.25, 0.3) is 0 Å². The molecular weight excluding hydrogens is 414 g/mol. The van der Waals surface area contributed by atoms with Crippen LogP contribution in [0, 0.1) is 6.92 Å². The predicted octanol–water partition coefficient (Wildman–Crippen LogP) is 4.51. The van der Waals surface area contributed by atoms with Gasteiger partial charge in [0.05, 0.1) is 0 Å². The first-order chi connectivity index (χ1) is 16.0. The Morgan fingerprint density at radius 2 is 1.82 bits per heavy atom. The first kappa shape index (κ1) is 24.0. The Morgan fingerprint density at radius 3 is 2.45 bits per heavy atom. The summed E-state index contributed by atoms with van der Waals surface area (Å²) in [5.41, 5.74) is 2.05. The average Bonchev–Trinajstić information content (AvgIpc) is 3.22. The average molecular weight is 448 g/mol. The maximum atomic E-state index is 11.7. The zero-order valence-corrected chi connectivity index (χ0v) is 19.9. The lowest BCUT2D eigenvalue weighted by Gasteiger charge is -2.25. The van der Waals surface area contributed by atoms with E-state index in [1.54, 1.807) is 6.92 Å². The molecule has 2 aromatic heterocycles. The molecule has 0 aliphatic heterocycles. The summed E-state index contributed by atoms with van der Waals surface area (Å²) in [5, 5.41) is 10.5. The van der Waals surface area contributed by atoms with Crippen molar-refractivity contribution in [3.63, 3.8) is 0 Å². The number of hydrogen-bond donors (Lipinski definition) is 2. The molecule has 0 aliphatic rings. The van der Waals surface area contributed by atoms with Gasteiger partial charge in [-0.2, -0.15) is 5.10 Å². The molecule has 2 heterocycles. The number of amides is 1. The molecule has 3 rings (SSSR count). The van der Waals surface area contributed by atoms with Gasteiger partial charge in [0.15, 0.2) is 11.6 Å². The number of aryl methyl sites for hydroxylation is 1. The van der Waals surface area contributed by atoms with Gasteiger partial charge in [0.2, 0.25) is 5.91 Å². The fraction of sp³-hybridized carbons (Fsp3) is 0.360. The zero-order chi connectivity index (χ0) is 23.6. The second-order valence-electron chi connectivity index (χ2n) is 7.81. The van der Waals surface area contributed by atoms with Crippen LogP contribution in [0.4, 0.5) is 17.5 Å². The van der Waals surface area contributed by atoms with E-state index in [1.807, 2.05) is 73.4 Å². The number of benzene rings is 1. The van der Waals surface area contributed by atoms with Gasteiger partial charge in [-0.05, 0) is 38.8 Å². The summed E-state index contributed by atoms with van der Waals surface area (Å²) in [7, 11) is 0. The van der Waals surface area contributed by atoms with Crippen molar-refractivity contribution in [1.82, 2.24) is 25.1 Å². The third-order valence-electron chi connectivity index (χ3n) is 5.31. The highest BCUT2D eigenvalue weighted by Crippen LogP contribution is 2.21. The highest BCUT2D eigenvalue weighted by molar-refractivity contribution is 5.73. The molecule has 0 unspecified atom stereocenters. The number of anilines is 3. The number of aromatic nitrogens is 4. The van der Waals surface area contributed by atoms with Gasteiger partial charge in [0, 0.05) is 50.9 Å². The molecule has 0 atom stereocenters. The molecule has 0 saturated carbocycles. The summed E-state index contributed by atoms with van der Waals surface area (Å²) in [4.78, 5) is 25.2. The SMILES string of the molecule is CCN(CCCN(CC)c1cc(Nc2cc(C)[nH]n2)nc(/C=C/c2ccccc2)n1)C(C)=O. The van der Waals surface area contributed by atoms with Crippen LogP contribution in [0.3, 0.4) is 0 Å². The fourth-order valence-corrected chi connectivity index (χ4v) is 3.53. The van der Waals surface area contributed by atoms with Crippen LogP contribution in [-0.4, -0.2) is 57.2 Å². The van der Waals surface area contributed by atoms with Crippen LogP contribution in [-0.2, 0) is 4.79 Å². The molecule has 1 amide bonds. The molecule has 3 aromatic rings. The van der Waals surface area contributed by atoms with E-state index in [9.17, 15) is 4.79 Å². The fourth-order valence-electron chi connectivity index (χ4n) is 3.53. The topological polar surface area (TPSA) is 90.0 Å². The van der Waals surface area contributed by atoms with Crippen molar-refractivity contribution in [3.8, 4) is 0 Å². The standard InChI is InChI=1S/C25H33N7O/c1-5-31(20(4)33)15-10-16-32(6-2)25-18-23(27-24-17-19(3)29-30-24)26-22(28-25)14-13-21-11-8-7-9-12-21/h7-9,11-14,17-18H,5-6,10,15-16H2,1-4H3,(H2,26,27,28,29,30)/b14-13+. The lowest BCUT2D eigenvalue weighted by molar-refractivity contribution is -0.128. The Bertz CT molecular complexity index is 1060. The van der Waals surface area contributed by atoms with Crippen molar-refractivity contribution in [2.75, 3.05) is 36.4 Å². The number of carbonyl (C=O) groups excluding carboxylic acids is 1. The van der Waals surface area contributed by atoms with Crippen LogP contribution in [0.5, 0.6) is 0 Å². The van der Waals surface area contributed by atoms with Crippen LogP contribution in [0.15, 0.2) is 42.5 Å². The van der Waals surface area contributed by atoms with Crippen molar-refractivity contribution in [2.45, 2.75) is 34.1 Å². The molecule has 0 bridgehead atoms. The van der Waals surface area contributed by atoms with Crippen molar-refractivity contribution in [1.29, 1.82) is 0 Å². The first-order valence-electron chi connectivity index (χ1n) is 11.4. The summed E-state index contributed by atoms with van der Waals surface area (Å²) in [6.45, 7) is 10.7. The van der Waals surface area contributed by atoms with Gasteiger partial charge in [-0.3, -0.25) is 9.89 Å². The number of hydrogen-bond acceptors (Lipinski definition) is 6. The molecule has 1 aromatic carbocycles. The number of nitrogens with zero attached hydrogens (tertiary/aromatic N) is 5. The van der Waals surface area contributed by atoms with Crippen molar-refractivity contribution < 1.29 is 4.79 Å². The first-order valence-corrected chi connectivity index (χ1v) is 11.4. The smallest absolute Gasteiger partial charge is 0.219 e. The Hall–Kier alpha value is -3.68. The molecule has 0 spiro atoms. The molecule has 33 heavy (non-hydrogen) atoms. The Kier molecular flexibility index (Phi) is 8.57. The van der Waals surface area contributed by atoms with E-state index >= 15 is 0 Å². The van der Waals surface area contributed by atoms with E-state index in [0.29, 0.717) is 17.5 Å². The summed E-state index contributed by atoms with van der Waals surface area (Å²) < 4.78 is 0. The Balaban J connectivity index is 1.83. The number of H-pyrrole nitrogens is 1. The van der Waals surface area contributed by atoms with Gasteiger partial charge in [-0.15, -0.1) is 0 Å². The molecule has 0 aliphatic carbocycles. The maximum Gasteiger partial charge on any atom is 0.219 e. The predicted molar refractivity (Wildman–Crippen MR) is 134 cm³/mol. The van der Waals surface area contributed by atoms with Crippen molar-refractivity contribution in [2.24, 2.45) is 0 Å². The largest absolute Gasteiger partial charge is 0.357 e. The van der Waals surface area contributed by atoms with Crippen molar-refractivity contribution in [3.05, 3.63) is 59.5 Å². The minimum absolute atomic E-state index is 0.108. The molecule has 0 fully saturated rings. The van der Waals surface area contributed by atoms with Crippen LogP contribution < -0.4 is 10.2 Å². The molecule has 0 saturated heterocycles. The minimum Gasteiger partial charge on any atom is -0.357 e. The summed E-state index contributed by atoms with van der Waals surface area (Å²) >= 11 is 0. The Labute approximate surface area is 195 Å². The van der Waals surface area contributed by atoms with Gasteiger partial charge in [-0.1, -0.05) is 36.4 Å². The molecule has 0 radical (unpaired) electrons. The van der Waals surface area contributed by atoms with E-state index in [4.69, 9.17) is 4.98 Å². The summed E-state index contributed by atoms with van der Waals surface area (Å²) in [6.07, 6.45) is 4.79. The molecular formula is C25H33N7O. The number of rotatable bonds is 11. The number of aromatic amines is 1. The lowest BCUT2D eigenvalue weighted by Crippen LogP contribution is -2.33. The summed E-state index contributed by atoms with van der Waals surface area (Å²) in [5.74, 6) is 2.94. The molecule has 174 valence electrons. The lowest BCUT2D eigenvalue weighted by atomic mass is 10.2. The quantitative estimate of drug-likeness (QED) is 0.450. The second kappa shape index (κ2) is 11.8. The minimum atomic E-state index is 0.108. The maximum absolute atomic E-state index is 11.7. The van der Waals surface area contributed by atoms with E-state index < -0.39 is 0 Å². The monoisotopic (exact) mass is 447 g/mol. The van der Waals surface area contributed by atoms with E-state index in [2.05, 4.69) is 32.3 Å². The third-order valence-corrected chi connectivity index (χ3v) is 5.31. The molecule has 8 heteroatoms. The van der Waals surface area contributed by atoms with Crippen LogP contribution in [0.25, 0.3) is 12.2 Å². The summed E-state index contributed by atoms with van der Waals surface area (Å²) in [6, 6.07) is 14.0. The zero-order valence-electron chi connectivity index (χ0n) is 19.9. The molecule has 2 N–H and O–H groups in total. The normalized spacial score (nSPS) is 11.0. The van der Waals surface area contributed by atoms with Crippen LogP contribution in [0.2, 0.25) is 0 Å². The van der Waals surface area contributed by atoms with Gasteiger partial charge in [0.1, 0.15) is 11.6 Å². The highest BCUT2D eigenvalue weighted by atomic mass is 16.2. The number of nitrogens with one attached hydrogen (secondary N) is 2. The third kappa shape index (κ3) is 7.17. The van der Waals surface area contributed by atoms with Gasteiger partial charge in [-0.25, -0.2) is 9.97 Å². The van der Waals surface area contributed by atoms with Gasteiger partial charge < -0.3 is 15.1 Å². The second-order valence-corrected chi connectivity index (χ2v) is 7.81. The van der Waals surface area contributed by atoms with Crippen LogP contribution in [0.1, 0.15) is 44.3 Å². The van der Waals surface area contributed by atoms with Crippen LogP contribution >= 0.6 is 0 Å². The number of carbonyl (C=O) groups is 1.